The van der Waals surface area contributed by atoms with Crippen LogP contribution in [0.15, 0.2) is 24.3 Å². The molecule has 3 aliphatic rings. The summed E-state index contributed by atoms with van der Waals surface area (Å²) in [6.07, 6.45) is -4.23. The molecule has 3 fully saturated rings. The van der Waals surface area contributed by atoms with Crippen LogP contribution >= 0.6 is 0 Å². The highest BCUT2D eigenvalue weighted by atomic mass is 16.6. The lowest BCUT2D eigenvalue weighted by Crippen LogP contribution is -2.62. The van der Waals surface area contributed by atoms with Crippen molar-refractivity contribution in [2.75, 3.05) is 41.4 Å². The summed E-state index contributed by atoms with van der Waals surface area (Å²) in [5.74, 6) is -9.81. The van der Waals surface area contributed by atoms with Crippen molar-refractivity contribution in [1.29, 1.82) is 0 Å². The highest BCUT2D eigenvalue weighted by molar-refractivity contribution is 6.05. The minimum atomic E-state index is -1.75. The number of fused-ring (bicyclic) bond motifs is 1. The van der Waals surface area contributed by atoms with Gasteiger partial charge in [0.15, 0.2) is 11.9 Å². The zero-order valence-electron chi connectivity index (χ0n) is 49.8. The molecule has 0 spiro atoms. The number of rotatable bonds is 16. The number of likely N-dealkylation sites (tertiary alicyclic amines) is 1. The lowest BCUT2D eigenvalue weighted by molar-refractivity contribution is -0.163. The zero-order valence-corrected chi connectivity index (χ0v) is 49.8. The van der Waals surface area contributed by atoms with Gasteiger partial charge < -0.3 is 59.6 Å². The summed E-state index contributed by atoms with van der Waals surface area (Å²) in [6.45, 7) is 18.9. The third kappa shape index (κ3) is 17.0. The van der Waals surface area contributed by atoms with Crippen LogP contribution in [0.1, 0.15) is 133 Å². The van der Waals surface area contributed by atoms with Gasteiger partial charge in [0.1, 0.15) is 54.2 Å². The number of aliphatic hydroxyl groups is 1. The predicted molar refractivity (Wildman–Crippen MR) is 295 cm³/mol. The molecule has 0 radical (unpaired) electrons. The third-order valence-electron chi connectivity index (χ3n) is 15.8. The third-order valence-corrected chi connectivity index (χ3v) is 15.8. The van der Waals surface area contributed by atoms with Crippen molar-refractivity contribution in [3.05, 3.63) is 29.8 Å². The van der Waals surface area contributed by atoms with E-state index >= 15 is 4.79 Å². The second-order valence-electron chi connectivity index (χ2n) is 23.2. The molecule has 4 rings (SSSR count). The number of nitrogens with zero attached hydrogens (tertiary/aromatic N) is 4. The van der Waals surface area contributed by atoms with Gasteiger partial charge >= 0.3 is 11.9 Å². The first-order valence-corrected chi connectivity index (χ1v) is 28.4. The molecule has 0 bridgehead atoms. The van der Waals surface area contributed by atoms with E-state index < -0.39 is 144 Å². The van der Waals surface area contributed by atoms with E-state index in [4.69, 9.17) is 18.9 Å². The molecule has 1 aromatic rings. The van der Waals surface area contributed by atoms with Crippen molar-refractivity contribution in [3.63, 3.8) is 0 Å². The number of hydrogen-bond donors (Lipinski definition) is 4. The number of carbonyl (C=O) groups is 10. The van der Waals surface area contributed by atoms with Crippen LogP contribution < -0.4 is 20.7 Å². The van der Waals surface area contributed by atoms with Crippen molar-refractivity contribution < 1.29 is 72.0 Å². The molecule has 22 nitrogen and oxygen atoms in total. The van der Waals surface area contributed by atoms with Gasteiger partial charge in [0, 0.05) is 40.7 Å². The molecule has 0 aromatic heterocycles. The highest BCUT2D eigenvalue weighted by Gasteiger charge is 2.46. The fraction of sp³-hybridized carbons (Fsp3) is 0.724. The Morgan fingerprint density at radius 2 is 1.49 bits per heavy atom. The molecular formula is C58H91N7O15. The van der Waals surface area contributed by atoms with Gasteiger partial charge in [-0.1, -0.05) is 73.9 Å². The smallest absolute Gasteiger partial charge is 0.329 e. The van der Waals surface area contributed by atoms with Crippen molar-refractivity contribution in [3.8, 4) is 5.75 Å². The maximum atomic E-state index is 15.0. The number of aliphatic hydroxyl groups excluding tert-OH is 1. The second-order valence-corrected chi connectivity index (χ2v) is 23.2. The van der Waals surface area contributed by atoms with Crippen molar-refractivity contribution >= 4 is 59.1 Å². The molecule has 7 amide bonds. The standard InChI is InChI=1S/C58H91N7O15/c1-16-34(8)47-45(66)30-46(67)80-50(33(6)7)49(68)35(9)51(69)59-40(27-31(2)3)55(73)65-26-18-20-42(65)57(75)63(13)44(29-38-21-23-39(78-15)24-22-38)58(76)79-36(10)48(53(71)60-47)61-52(70)43(28-32(4)5)62(12)56(74)41-19-17-25-64(41)54(72)37(11)77-14/h21-24,31-37,40-45,47-48,50,66H,16-20,25-30H2,1-15H3,(H,59,69)(H,60,71)(H,61,70)/t34-,35-,36+,37-,40-,41-,42-,43+,44-,45-,47-,48-,50-/m0/s1. The van der Waals surface area contributed by atoms with Crippen LogP contribution in [0.4, 0.5) is 0 Å². The van der Waals surface area contributed by atoms with Gasteiger partial charge in [-0.15, -0.1) is 0 Å². The van der Waals surface area contributed by atoms with Crippen LogP contribution in [0.5, 0.6) is 5.75 Å². The van der Waals surface area contributed by atoms with E-state index in [2.05, 4.69) is 16.0 Å². The SMILES string of the molecule is CC[C@H](C)[C@@H]1NC(=O)[C@@H](NC(=O)[C@@H](CC(C)C)N(C)C(=O)[C@@H]2CCCN2C(=O)[C@H](C)OC)[C@@H](C)OC(=O)[C@H](Cc2ccc(OC)cc2)N(C)C(=O)[C@@H]2CCCN2C(=O)[C@H](CC(C)C)NC(=O)[C@@H](C)C(=O)[C@H](C(C)C)OC(=O)C[C@@H]1O. The summed E-state index contributed by atoms with van der Waals surface area (Å²) >= 11 is 0. The van der Waals surface area contributed by atoms with E-state index in [0.717, 1.165) is 0 Å². The maximum absolute atomic E-state index is 15.0. The normalized spacial score (nSPS) is 27.5. The Balaban J connectivity index is 1.89. The topological polar surface area (TPSA) is 277 Å². The zero-order chi connectivity index (χ0) is 60.0. The predicted octanol–water partition coefficient (Wildman–Crippen LogP) is 2.97. The van der Waals surface area contributed by atoms with Gasteiger partial charge in [-0.05, 0) is 101 Å². The number of cyclic esters (lactones) is 2. The monoisotopic (exact) mass is 1130 g/mol. The number of Topliss-reactive ketones (excluding diaryl/α,β-unsaturated/α-hetero) is 1. The molecule has 0 unspecified atom stereocenters. The van der Waals surface area contributed by atoms with Crippen LogP contribution in [-0.4, -0.2) is 192 Å². The van der Waals surface area contributed by atoms with E-state index in [1.54, 1.807) is 58.9 Å². The summed E-state index contributed by atoms with van der Waals surface area (Å²) in [4.78, 5) is 149. The number of ether oxygens (including phenoxy) is 4. The van der Waals surface area contributed by atoms with Gasteiger partial charge in [0.25, 0.3) is 5.91 Å². The van der Waals surface area contributed by atoms with Gasteiger partial charge in [-0.25, -0.2) is 4.79 Å². The molecule has 448 valence electrons. The number of carbonyl (C=O) groups excluding carboxylic acids is 10. The summed E-state index contributed by atoms with van der Waals surface area (Å²) in [7, 11) is 5.74. The van der Waals surface area contributed by atoms with E-state index in [-0.39, 0.29) is 50.0 Å². The number of hydrogen-bond acceptors (Lipinski definition) is 15. The number of ketones is 1. The average molecular weight is 1130 g/mol. The summed E-state index contributed by atoms with van der Waals surface area (Å²) in [5.41, 5.74) is 0.579. The largest absolute Gasteiger partial charge is 0.497 e. The van der Waals surface area contributed by atoms with Crippen LogP contribution in [0.25, 0.3) is 0 Å². The Morgan fingerprint density at radius 3 is 2.06 bits per heavy atom. The van der Waals surface area contributed by atoms with E-state index in [0.29, 0.717) is 43.5 Å². The van der Waals surface area contributed by atoms with Crippen LogP contribution in [-0.2, 0) is 68.6 Å². The van der Waals surface area contributed by atoms with Gasteiger partial charge in [-0.3, -0.25) is 43.2 Å². The van der Waals surface area contributed by atoms with Gasteiger partial charge in [0.05, 0.1) is 31.6 Å². The van der Waals surface area contributed by atoms with E-state index in [1.165, 1.54) is 61.8 Å². The molecular weight excluding hydrogens is 1030 g/mol. The fourth-order valence-electron chi connectivity index (χ4n) is 10.6. The number of amides is 7. The lowest BCUT2D eigenvalue weighted by Gasteiger charge is -2.36. The van der Waals surface area contributed by atoms with Crippen LogP contribution in [0.2, 0.25) is 0 Å². The fourth-order valence-corrected chi connectivity index (χ4v) is 10.6. The van der Waals surface area contributed by atoms with Crippen LogP contribution in [0.3, 0.4) is 0 Å². The average Bonchev–Trinajstić information content (AvgIpc) is 4.12. The van der Waals surface area contributed by atoms with Crippen molar-refractivity contribution in [2.24, 2.45) is 29.6 Å². The van der Waals surface area contributed by atoms with Crippen molar-refractivity contribution in [2.45, 2.75) is 201 Å². The molecule has 22 heteroatoms. The first-order chi connectivity index (χ1) is 37.6. The molecule has 3 aliphatic heterocycles. The van der Waals surface area contributed by atoms with E-state index in [9.17, 15) is 48.3 Å². The Hall–Kier alpha value is -6.16. The quantitative estimate of drug-likeness (QED) is 0.137. The summed E-state index contributed by atoms with van der Waals surface area (Å²) in [6, 6.07) is -2.00. The number of esters is 2. The van der Waals surface area contributed by atoms with Gasteiger partial charge in [0.2, 0.25) is 35.4 Å². The Bertz CT molecular complexity index is 2350. The molecule has 3 saturated heterocycles. The Morgan fingerprint density at radius 1 is 0.850 bits per heavy atom. The number of likely N-dealkylation sites (N-methyl/N-ethyl adjacent to an activating group) is 2. The minimum absolute atomic E-state index is 0.0979. The molecule has 0 aliphatic carbocycles. The molecule has 3 heterocycles. The summed E-state index contributed by atoms with van der Waals surface area (Å²) < 4.78 is 22.5. The lowest BCUT2D eigenvalue weighted by atomic mass is 9.91. The van der Waals surface area contributed by atoms with Crippen molar-refractivity contribution in [1.82, 2.24) is 35.6 Å². The molecule has 13 atom stereocenters. The number of benzene rings is 1. The first-order valence-electron chi connectivity index (χ1n) is 28.4. The molecule has 1 aromatic carbocycles. The minimum Gasteiger partial charge on any atom is -0.497 e. The molecule has 0 saturated carbocycles. The Kier molecular flexibility index (Phi) is 24.9. The second kappa shape index (κ2) is 30.1. The molecule has 4 N–H and O–H groups in total. The number of nitrogens with one attached hydrogen (secondary N) is 3. The maximum Gasteiger partial charge on any atom is 0.329 e. The summed E-state index contributed by atoms with van der Waals surface area (Å²) in [5, 5.41) is 20.2. The first kappa shape index (κ1) is 66.4. The highest BCUT2D eigenvalue weighted by Crippen LogP contribution is 2.27. The number of methoxy groups -OCH3 is 2. The van der Waals surface area contributed by atoms with Gasteiger partial charge in [-0.2, -0.15) is 0 Å². The Labute approximate surface area is 472 Å². The molecule has 80 heavy (non-hydrogen) atoms. The van der Waals surface area contributed by atoms with Crippen LogP contribution in [0, 0.1) is 29.6 Å². The van der Waals surface area contributed by atoms with E-state index in [1.807, 2.05) is 27.7 Å².